The van der Waals surface area contributed by atoms with E-state index in [-0.39, 0.29) is 6.04 Å². The summed E-state index contributed by atoms with van der Waals surface area (Å²) in [5, 5.41) is 3.27. The van der Waals surface area contributed by atoms with Crippen LogP contribution in [0.5, 0.6) is 0 Å². The van der Waals surface area contributed by atoms with Crippen molar-refractivity contribution in [3.8, 4) is 0 Å². The Bertz CT molecular complexity index is 510. The molecule has 2 rings (SSSR count). The molecule has 1 aliphatic rings. The van der Waals surface area contributed by atoms with E-state index in [1.54, 1.807) is 16.4 Å². The summed E-state index contributed by atoms with van der Waals surface area (Å²) >= 11 is 2.18. The van der Waals surface area contributed by atoms with Gasteiger partial charge in [-0.25, -0.2) is 8.42 Å². The summed E-state index contributed by atoms with van der Waals surface area (Å²) in [4.78, 5) is 0.389. The van der Waals surface area contributed by atoms with Crippen LogP contribution in [0, 0.1) is 3.57 Å². The van der Waals surface area contributed by atoms with Crippen LogP contribution in [0.1, 0.15) is 19.8 Å². The SMILES string of the molecule is CCN(C1CCCNC1)S(=O)(=O)c1ccc(I)cc1. The molecule has 1 unspecified atom stereocenters. The molecule has 4 nitrogen and oxygen atoms in total. The average molecular weight is 394 g/mol. The molecule has 1 heterocycles. The van der Waals surface area contributed by atoms with E-state index < -0.39 is 10.0 Å². The number of nitrogens with zero attached hydrogens (tertiary/aromatic N) is 1. The Morgan fingerprint density at radius 1 is 1.37 bits per heavy atom. The fourth-order valence-electron chi connectivity index (χ4n) is 2.45. The molecular formula is C13H19IN2O2S. The lowest BCUT2D eigenvalue weighted by Crippen LogP contribution is -2.48. The number of hydrogen-bond donors (Lipinski definition) is 1. The van der Waals surface area contributed by atoms with Crippen LogP contribution >= 0.6 is 22.6 Å². The van der Waals surface area contributed by atoms with Gasteiger partial charge in [0, 0.05) is 22.7 Å². The number of sulfonamides is 1. The van der Waals surface area contributed by atoms with Gasteiger partial charge in [0.2, 0.25) is 10.0 Å². The van der Waals surface area contributed by atoms with Crippen LogP contribution in [0.25, 0.3) is 0 Å². The lowest BCUT2D eigenvalue weighted by atomic mass is 10.1. The van der Waals surface area contributed by atoms with Crippen molar-refractivity contribution in [1.29, 1.82) is 0 Å². The molecule has 1 aliphatic heterocycles. The molecule has 1 aromatic rings. The van der Waals surface area contributed by atoms with Gasteiger partial charge in [-0.1, -0.05) is 6.92 Å². The largest absolute Gasteiger partial charge is 0.315 e. The van der Waals surface area contributed by atoms with Crippen LogP contribution in [0.15, 0.2) is 29.2 Å². The van der Waals surface area contributed by atoms with Gasteiger partial charge in [0.15, 0.2) is 0 Å². The number of halogens is 1. The Labute approximate surface area is 128 Å². The van der Waals surface area contributed by atoms with Gasteiger partial charge in [-0.15, -0.1) is 0 Å². The number of piperidine rings is 1. The normalized spacial score (nSPS) is 20.7. The highest BCUT2D eigenvalue weighted by molar-refractivity contribution is 14.1. The second-order valence-electron chi connectivity index (χ2n) is 4.66. The monoisotopic (exact) mass is 394 g/mol. The predicted molar refractivity (Wildman–Crippen MR) is 84.6 cm³/mol. The minimum atomic E-state index is -3.38. The van der Waals surface area contributed by atoms with Crippen molar-refractivity contribution in [1.82, 2.24) is 9.62 Å². The van der Waals surface area contributed by atoms with Crippen molar-refractivity contribution in [2.24, 2.45) is 0 Å². The average Bonchev–Trinajstić information content (AvgIpc) is 2.41. The Kier molecular flexibility index (Phi) is 5.22. The van der Waals surface area contributed by atoms with E-state index in [2.05, 4.69) is 27.9 Å². The highest BCUT2D eigenvalue weighted by atomic mass is 127. The number of rotatable bonds is 4. The molecule has 1 N–H and O–H groups in total. The topological polar surface area (TPSA) is 49.4 Å². The molecule has 1 fully saturated rings. The Morgan fingerprint density at radius 3 is 2.58 bits per heavy atom. The fourth-order valence-corrected chi connectivity index (χ4v) is 4.47. The van der Waals surface area contributed by atoms with Crippen molar-refractivity contribution in [2.75, 3.05) is 19.6 Å². The Hall–Kier alpha value is -0.180. The molecule has 1 aromatic carbocycles. The van der Waals surface area contributed by atoms with Crippen LogP contribution in [-0.2, 0) is 10.0 Å². The second-order valence-corrected chi connectivity index (χ2v) is 7.80. The van der Waals surface area contributed by atoms with Gasteiger partial charge in [0.05, 0.1) is 4.90 Å². The third-order valence-electron chi connectivity index (χ3n) is 3.41. The number of benzene rings is 1. The predicted octanol–water partition coefficient (Wildman–Crippen LogP) is 2.05. The first-order chi connectivity index (χ1) is 9.05. The van der Waals surface area contributed by atoms with E-state index in [1.165, 1.54) is 0 Å². The van der Waals surface area contributed by atoms with E-state index in [4.69, 9.17) is 0 Å². The van der Waals surface area contributed by atoms with E-state index in [9.17, 15) is 8.42 Å². The first-order valence-electron chi connectivity index (χ1n) is 6.54. The first-order valence-corrected chi connectivity index (χ1v) is 9.05. The number of hydrogen-bond acceptors (Lipinski definition) is 3. The fraction of sp³-hybridized carbons (Fsp3) is 0.538. The van der Waals surface area contributed by atoms with E-state index in [0.29, 0.717) is 11.4 Å². The zero-order valence-electron chi connectivity index (χ0n) is 11.0. The van der Waals surface area contributed by atoms with Crippen molar-refractivity contribution >= 4 is 32.6 Å². The van der Waals surface area contributed by atoms with Gasteiger partial charge >= 0.3 is 0 Å². The van der Waals surface area contributed by atoms with Gasteiger partial charge < -0.3 is 5.32 Å². The highest BCUT2D eigenvalue weighted by Gasteiger charge is 2.30. The van der Waals surface area contributed by atoms with Crippen molar-refractivity contribution in [3.63, 3.8) is 0 Å². The zero-order chi connectivity index (χ0) is 13.9. The van der Waals surface area contributed by atoms with E-state index in [0.717, 1.165) is 29.5 Å². The van der Waals surface area contributed by atoms with E-state index in [1.807, 2.05) is 19.1 Å². The number of likely N-dealkylation sites (N-methyl/N-ethyl adjacent to an activating group) is 1. The maximum Gasteiger partial charge on any atom is 0.243 e. The van der Waals surface area contributed by atoms with Crippen LogP contribution in [-0.4, -0.2) is 38.4 Å². The Morgan fingerprint density at radius 2 is 2.05 bits per heavy atom. The van der Waals surface area contributed by atoms with Gasteiger partial charge in [0.1, 0.15) is 0 Å². The highest BCUT2D eigenvalue weighted by Crippen LogP contribution is 2.22. The smallest absolute Gasteiger partial charge is 0.243 e. The molecule has 1 atom stereocenters. The lowest BCUT2D eigenvalue weighted by molar-refractivity contribution is 0.274. The summed E-state index contributed by atoms with van der Waals surface area (Å²) in [6, 6.07) is 7.12. The summed E-state index contributed by atoms with van der Waals surface area (Å²) in [6.45, 7) is 4.15. The molecule has 1 saturated heterocycles. The molecular weight excluding hydrogens is 375 g/mol. The van der Waals surface area contributed by atoms with Gasteiger partial charge in [-0.2, -0.15) is 4.31 Å². The Balaban J connectivity index is 2.27. The van der Waals surface area contributed by atoms with Crippen LogP contribution in [0.2, 0.25) is 0 Å². The van der Waals surface area contributed by atoms with Gasteiger partial charge in [0.25, 0.3) is 0 Å². The zero-order valence-corrected chi connectivity index (χ0v) is 13.9. The summed E-state index contributed by atoms with van der Waals surface area (Å²) in [7, 11) is -3.38. The molecule has 0 spiro atoms. The van der Waals surface area contributed by atoms with Crippen LogP contribution in [0.3, 0.4) is 0 Å². The number of nitrogens with one attached hydrogen (secondary N) is 1. The van der Waals surface area contributed by atoms with Crippen LogP contribution < -0.4 is 5.32 Å². The van der Waals surface area contributed by atoms with E-state index >= 15 is 0 Å². The molecule has 0 bridgehead atoms. The standard InChI is InChI=1S/C13H19IN2O2S/c1-2-16(12-4-3-9-15-10-12)19(17,18)13-7-5-11(14)6-8-13/h5-8,12,15H,2-4,9-10H2,1H3. The van der Waals surface area contributed by atoms with Crippen molar-refractivity contribution in [3.05, 3.63) is 27.8 Å². The second kappa shape index (κ2) is 6.51. The first kappa shape index (κ1) is 15.2. The summed E-state index contributed by atoms with van der Waals surface area (Å²) < 4.78 is 28.0. The van der Waals surface area contributed by atoms with Crippen molar-refractivity contribution in [2.45, 2.75) is 30.7 Å². The quantitative estimate of drug-likeness (QED) is 0.796. The van der Waals surface area contributed by atoms with Crippen molar-refractivity contribution < 1.29 is 8.42 Å². The molecule has 0 saturated carbocycles. The van der Waals surface area contributed by atoms with Gasteiger partial charge in [-0.3, -0.25) is 0 Å². The maximum absolute atomic E-state index is 12.7. The molecule has 0 amide bonds. The van der Waals surface area contributed by atoms with Gasteiger partial charge in [-0.05, 0) is 66.2 Å². The molecule has 0 radical (unpaired) electrons. The summed E-state index contributed by atoms with van der Waals surface area (Å²) in [6.07, 6.45) is 1.97. The third kappa shape index (κ3) is 3.48. The maximum atomic E-state index is 12.7. The summed E-state index contributed by atoms with van der Waals surface area (Å²) in [5.41, 5.74) is 0. The minimum Gasteiger partial charge on any atom is -0.315 e. The summed E-state index contributed by atoms with van der Waals surface area (Å²) in [5.74, 6) is 0. The molecule has 6 heteroatoms. The molecule has 0 aromatic heterocycles. The molecule has 106 valence electrons. The molecule has 0 aliphatic carbocycles. The molecule has 19 heavy (non-hydrogen) atoms. The third-order valence-corrected chi connectivity index (χ3v) is 6.17. The lowest BCUT2D eigenvalue weighted by Gasteiger charge is -2.33. The minimum absolute atomic E-state index is 0.0722. The van der Waals surface area contributed by atoms with Crippen LogP contribution in [0.4, 0.5) is 0 Å².